The van der Waals surface area contributed by atoms with Crippen LogP contribution in [0.5, 0.6) is 0 Å². The number of nitrogens with zero attached hydrogens (tertiary/aromatic N) is 2. The Hall–Kier alpha value is -0.470. The number of hydrogen-bond acceptors (Lipinski definition) is 5. The lowest BCUT2D eigenvalue weighted by Gasteiger charge is -2.34. The van der Waals surface area contributed by atoms with Crippen LogP contribution in [0.3, 0.4) is 0 Å². The van der Waals surface area contributed by atoms with Gasteiger partial charge in [0.2, 0.25) is 0 Å². The minimum absolute atomic E-state index is 0.243. The lowest BCUT2D eigenvalue weighted by atomic mass is 10.2. The number of piperazine rings is 1. The Kier molecular flexibility index (Phi) is 4.89. The molecule has 1 saturated heterocycles. The molecule has 0 aromatic carbocycles. The van der Waals surface area contributed by atoms with Gasteiger partial charge >= 0.3 is 0 Å². The average Bonchev–Trinajstić information content (AvgIpc) is 3.25. The summed E-state index contributed by atoms with van der Waals surface area (Å²) < 4.78 is 27.3. The smallest absolute Gasteiger partial charge is 0.252 e. The number of aliphatic hydroxyl groups is 1. The van der Waals surface area contributed by atoms with Gasteiger partial charge in [-0.2, -0.15) is 4.31 Å². The van der Waals surface area contributed by atoms with Crippen molar-refractivity contribution < 1.29 is 13.5 Å². The molecule has 22 heavy (non-hydrogen) atoms. The molecule has 0 spiro atoms. The van der Waals surface area contributed by atoms with Gasteiger partial charge in [-0.3, -0.25) is 4.90 Å². The van der Waals surface area contributed by atoms with E-state index in [9.17, 15) is 13.5 Å². The van der Waals surface area contributed by atoms with E-state index >= 15 is 0 Å². The molecule has 1 aromatic rings. The third-order valence-corrected chi connectivity index (χ3v) is 8.12. The highest BCUT2D eigenvalue weighted by molar-refractivity contribution is 7.91. The minimum atomic E-state index is -3.34. The quantitative estimate of drug-likeness (QED) is 0.847. The molecule has 0 radical (unpaired) electrons. The second-order valence-electron chi connectivity index (χ2n) is 6.18. The third-order valence-electron chi connectivity index (χ3n) is 4.52. The number of aryl methyl sites for hydroxylation is 1. The highest BCUT2D eigenvalue weighted by Gasteiger charge is 2.33. The second-order valence-corrected chi connectivity index (χ2v) is 9.52. The van der Waals surface area contributed by atoms with E-state index < -0.39 is 10.0 Å². The van der Waals surface area contributed by atoms with Crippen molar-refractivity contribution in [1.29, 1.82) is 0 Å². The van der Waals surface area contributed by atoms with Gasteiger partial charge in [0.15, 0.2) is 0 Å². The molecule has 5 nitrogen and oxygen atoms in total. The number of sulfonamides is 1. The minimum Gasteiger partial charge on any atom is -0.392 e. The zero-order valence-electron chi connectivity index (χ0n) is 12.9. The largest absolute Gasteiger partial charge is 0.392 e. The van der Waals surface area contributed by atoms with Crippen molar-refractivity contribution >= 4 is 21.4 Å². The topological polar surface area (TPSA) is 60.9 Å². The lowest BCUT2D eigenvalue weighted by molar-refractivity contribution is 0.0782. The molecule has 0 unspecified atom stereocenters. The van der Waals surface area contributed by atoms with E-state index in [1.807, 2.05) is 13.0 Å². The van der Waals surface area contributed by atoms with E-state index in [0.717, 1.165) is 24.1 Å². The van der Waals surface area contributed by atoms with E-state index in [-0.39, 0.29) is 6.10 Å². The lowest BCUT2D eigenvalue weighted by Crippen LogP contribution is -2.50. The molecule has 0 amide bonds. The highest BCUT2D eigenvalue weighted by atomic mass is 32.2. The maximum Gasteiger partial charge on any atom is 0.252 e. The molecular formula is C15H24N2O3S2. The summed E-state index contributed by atoms with van der Waals surface area (Å²) in [6, 6.07) is 3.63. The predicted octanol–water partition coefficient (Wildman–Crippen LogP) is 1.39. The summed E-state index contributed by atoms with van der Waals surface area (Å²) in [4.78, 5) is 3.28. The molecule has 7 heteroatoms. The van der Waals surface area contributed by atoms with Crippen LogP contribution < -0.4 is 0 Å². The van der Waals surface area contributed by atoms with Crippen LogP contribution >= 0.6 is 11.3 Å². The van der Waals surface area contributed by atoms with Gasteiger partial charge in [-0.15, -0.1) is 11.3 Å². The van der Waals surface area contributed by atoms with Crippen molar-refractivity contribution in [3.63, 3.8) is 0 Å². The van der Waals surface area contributed by atoms with Crippen molar-refractivity contribution in [3.05, 3.63) is 17.0 Å². The standard InChI is InChI=1S/C15H24N2O3S2/c1-2-13-5-6-15(21-13)22(19,20)17-9-7-16(8-10-17)11-14(18)12-3-4-12/h5-6,12,14,18H,2-4,7-11H2,1H3/t14-/m0/s1. The Balaban J connectivity index is 1.57. The molecule has 124 valence electrons. The van der Waals surface area contributed by atoms with Crippen molar-refractivity contribution in [2.75, 3.05) is 32.7 Å². The fourth-order valence-electron chi connectivity index (χ4n) is 2.86. The van der Waals surface area contributed by atoms with Gasteiger partial charge in [0.05, 0.1) is 6.10 Å². The zero-order chi connectivity index (χ0) is 15.7. The normalized spacial score (nSPS) is 22.8. The van der Waals surface area contributed by atoms with Crippen LogP contribution in [0.25, 0.3) is 0 Å². The zero-order valence-corrected chi connectivity index (χ0v) is 14.6. The highest BCUT2D eigenvalue weighted by Crippen LogP contribution is 2.33. The van der Waals surface area contributed by atoms with Crippen molar-refractivity contribution in [1.82, 2.24) is 9.21 Å². The summed E-state index contributed by atoms with van der Waals surface area (Å²) in [5, 5.41) is 10.0. The molecule has 3 rings (SSSR count). The van der Waals surface area contributed by atoms with Crippen molar-refractivity contribution in [2.24, 2.45) is 5.92 Å². The first-order chi connectivity index (χ1) is 10.5. The summed E-state index contributed by atoms with van der Waals surface area (Å²) in [5.74, 6) is 0.473. The summed E-state index contributed by atoms with van der Waals surface area (Å²) >= 11 is 1.37. The van der Waals surface area contributed by atoms with E-state index in [4.69, 9.17) is 0 Å². The van der Waals surface area contributed by atoms with Crippen LogP contribution in [0.4, 0.5) is 0 Å². The Morgan fingerprint density at radius 3 is 2.50 bits per heavy atom. The molecule has 1 aliphatic heterocycles. The molecule has 1 aromatic heterocycles. The average molecular weight is 345 g/mol. The molecule has 2 fully saturated rings. The van der Waals surface area contributed by atoms with E-state index in [2.05, 4.69) is 4.90 Å². The first-order valence-corrected chi connectivity index (χ1v) is 10.3. The molecule has 2 aliphatic rings. The molecular weight excluding hydrogens is 320 g/mol. The SMILES string of the molecule is CCc1ccc(S(=O)(=O)N2CCN(C[C@H](O)C3CC3)CC2)s1. The first-order valence-electron chi connectivity index (χ1n) is 8.00. The van der Waals surface area contributed by atoms with Gasteiger partial charge in [0.25, 0.3) is 10.0 Å². The second kappa shape index (κ2) is 6.57. The van der Waals surface area contributed by atoms with Crippen LogP contribution in [-0.2, 0) is 16.4 Å². The van der Waals surface area contributed by atoms with Crippen molar-refractivity contribution in [3.8, 4) is 0 Å². The Morgan fingerprint density at radius 2 is 1.95 bits per heavy atom. The van der Waals surface area contributed by atoms with Crippen LogP contribution in [0.1, 0.15) is 24.6 Å². The van der Waals surface area contributed by atoms with Gasteiger partial charge < -0.3 is 5.11 Å². The fourth-order valence-corrected chi connectivity index (χ4v) is 5.73. The summed E-state index contributed by atoms with van der Waals surface area (Å²) in [7, 11) is -3.34. The van der Waals surface area contributed by atoms with Crippen LogP contribution in [0, 0.1) is 5.92 Å². The Morgan fingerprint density at radius 1 is 1.27 bits per heavy atom. The van der Waals surface area contributed by atoms with Gasteiger partial charge in [-0.25, -0.2) is 8.42 Å². The fraction of sp³-hybridized carbons (Fsp3) is 0.733. The van der Waals surface area contributed by atoms with E-state index in [1.54, 1.807) is 10.4 Å². The number of hydrogen-bond donors (Lipinski definition) is 1. The number of β-amino-alcohol motifs (C(OH)–C–C–N with tert-alkyl or cyclic N) is 1. The van der Waals surface area contributed by atoms with Gasteiger partial charge in [0.1, 0.15) is 4.21 Å². The number of thiophene rings is 1. The number of rotatable bonds is 6. The van der Waals surface area contributed by atoms with Gasteiger partial charge in [-0.1, -0.05) is 6.92 Å². The summed E-state index contributed by atoms with van der Waals surface area (Å²) in [6.45, 7) is 5.14. The predicted molar refractivity (Wildman–Crippen MR) is 87.6 cm³/mol. The molecule has 0 bridgehead atoms. The monoisotopic (exact) mass is 344 g/mol. The maximum atomic E-state index is 12.6. The maximum absolute atomic E-state index is 12.6. The molecule has 1 atom stereocenters. The molecule has 1 saturated carbocycles. The number of aliphatic hydroxyl groups excluding tert-OH is 1. The third kappa shape index (κ3) is 3.54. The summed E-state index contributed by atoms with van der Waals surface area (Å²) in [6.07, 6.45) is 2.89. The van der Waals surface area contributed by atoms with Gasteiger partial charge in [0, 0.05) is 37.6 Å². The molecule has 1 N–H and O–H groups in total. The first kappa shape index (κ1) is 16.4. The van der Waals surface area contributed by atoms with E-state index in [1.165, 1.54) is 11.3 Å². The van der Waals surface area contributed by atoms with E-state index in [0.29, 0.717) is 42.9 Å². The van der Waals surface area contributed by atoms with Crippen molar-refractivity contribution in [2.45, 2.75) is 36.5 Å². The molecule has 2 heterocycles. The van der Waals surface area contributed by atoms with Gasteiger partial charge in [-0.05, 0) is 37.3 Å². The Bertz CT molecular complexity index is 602. The molecule has 1 aliphatic carbocycles. The Labute approximate surface area is 136 Å². The van der Waals surface area contributed by atoms with Crippen LogP contribution in [0.15, 0.2) is 16.3 Å². The van der Waals surface area contributed by atoms with Crippen LogP contribution in [-0.4, -0.2) is 61.6 Å². The summed E-state index contributed by atoms with van der Waals surface area (Å²) in [5.41, 5.74) is 0. The van der Waals surface area contributed by atoms with Crippen LogP contribution in [0.2, 0.25) is 0 Å².